The van der Waals surface area contributed by atoms with Crippen molar-refractivity contribution in [1.29, 1.82) is 0 Å². The van der Waals surface area contributed by atoms with Crippen LogP contribution in [0.3, 0.4) is 0 Å². The highest BCUT2D eigenvalue weighted by Crippen LogP contribution is 2.48. The molecule has 170 valence electrons. The fourth-order valence-electron chi connectivity index (χ4n) is 2.95. The van der Waals surface area contributed by atoms with E-state index in [0.29, 0.717) is 9.49 Å². The molecule has 0 fully saturated rings. The Morgan fingerprint density at radius 3 is 1.38 bits per heavy atom. The Morgan fingerprint density at radius 2 is 1.00 bits per heavy atom. The molecule has 1 rings (SSSR count). The van der Waals surface area contributed by atoms with Gasteiger partial charge in [0.15, 0.2) is 8.68 Å². The molecule has 0 saturated heterocycles. The third-order valence-corrected chi connectivity index (χ3v) is 13.1. The van der Waals surface area contributed by atoms with E-state index < -0.39 is 0 Å². The number of nitrogens with zero attached hydrogens (tertiary/aromatic N) is 2. The third-order valence-electron chi connectivity index (χ3n) is 4.83. The first kappa shape index (κ1) is 28.0. The lowest BCUT2D eigenvalue weighted by Crippen LogP contribution is -2.12. The molecule has 0 spiro atoms. The van der Waals surface area contributed by atoms with Crippen molar-refractivity contribution in [2.75, 3.05) is 0 Å². The molecule has 0 atom stereocenters. The number of aromatic nitrogens is 2. The van der Waals surface area contributed by atoms with E-state index in [2.05, 4.69) is 51.7 Å². The smallest absolute Gasteiger partial charge is 0.130 e. The zero-order valence-corrected chi connectivity index (χ0v) is 23.5. The van der Waals surface area contributed by atoms with E-state index in [1.54, 1.807) is 11.3 Å². The minimum absolute atomic E-state index is 0.296. The number of hydrogen-bond acceptors (Lipinski definition) is 7. The maximum absolute atomic E-state index is 4.41. The standard InChI is InChI=1S/C22H42N2S5/c1-7-9-11-13-15-17-21(3,4)28-26-19-23-24-20(25-19)27-29-22(5,6)18-16-14-12-10-8-2/h7-18H2,1-6H3. The summed E-state index contributed by atoms with van der Waals surface area (Å²) in [5.41, 5.74) is 0. The van der Waals surface area contributed by atoms with Gasteiger partial charge in [0, 0.05) is 9.49 Å². The van der Waals surface area contributed by atoms with Crippen molar-refractivity contribution in [2.24, 2.45) is 0 Å². The van der Waals surface area contributed by atoms with Gasteiger partial charge in [-0.1, -0.05) is 111 Å². The predicted octanol–water partition coefficient (Wildman–Crippen LogP) is 10.3. The highest BCUT2D eigenvalue weighted by molar-refractivity contribution is 8.78. The number of rotatable bonds is 18. The average molecular weight is 495 g/mol. The highest BCUT2D eigenvalue weighted by atomic mass is 33.1. The molecule has 2 nitrogen and oxygen atoms in total. The van der Waals surface area contributed by atoms with Gasteiger partial charge in [-0.2, -0.15) is 0 Å². The normalized spacial score (nSPS) is 12.6. The van der Waals surface area contributed by atoms with Crippen molar-refractivity contribution in [3.05, 3.63) is 0 Å². The molecule has 0 aromatic carbocycles. The maximum atomic E-state index is 4.41. The summed E-state index contributed by atoms with van der Waals surface area (Å²) in [6, 6.07) is 0. The lowest BCUT2D eigenvalue weighted by Gasteiger charge is -2.22. The lowest BCUT2D eigenvalue weighted by atomic mass is 10.0. The van der Waals surface area contributed by atoms with Gasteiger partial charge in [-0.3, -0.25) is 0 Å². The molecule has 0 N–H and O–H groups in total. The van der Waals surface area contributed by atoms with Gasteiger partial charge in [-0.25, -0.2) is 0 Å². The highest BCUT2D eigenvalue weighted by Gasteiger charge is 2.22. The number of hydrogen-bond donors (Lipinski definition) is 0. The lowest BCUT2D eigenvalue weighted by molar-refractivity contribution is 0.551. The van der Waals surface area contributed by atoms with Crippen molar-refractivity contribution in [2.45, 2.75) is 137 Å². The van der Waals surface area contributed by atoms with Crippen LogP contribution in [0.25, 0.3) is 0 Å². The minimum Gasteiger partial charge on any atom is -0.130 e. The van der Waals surface area contributed by atoms with Crippen molar-refractivity contribution in [1.82, 2.24) is 10.2 Å². The molecule has 0 unspecified atom stereocenters. The molecule has 0 saturated carbocycles. The minimum atomic E-state index is 0.296. The first-order chi connectivity index (χ1) is 13.8. The average Bonchev–Trinajstić information content (AvgIpc) is 3.13. The van der Waals surface area contributed by atoms with Crippen LogP contribution in [0, 0.1) is 0 Å². The van der Waals surface area contributed by atoms with E-state index in [0.717, 1.165) is 8.68 Å². The summed E-state index contributed by atoms with van der Waals surface area (Å²) in [5, 5.41) is 8.83. The maximum Gasteiger partial charge on any atom is 0.185 e. The fourth-order valence-corrected chi connectivity index (χ4v) is 9.07. The summed E-state index contributed by atoms with van der Waals surface area (Å²) < 4.78 is 2.78. The number of unbranched alkanes of at least 4 members (excludes halogenated alkanes) is 8. The third kappa shape index (κ3) is 14.6. The van der Waals surface area contributed by atoms with Gasteiger partial charge in [-0.15, -0.1) is 10.2 Å². The Hall–Kier alpha value is 0.960. The van der Waals surface area contributed by atoms with Crippen LogP contribution in [0.5, 0.6) is 0 Å². The Kier molecular flexibility index (Phi) is 15.2. The van der Waals surface area contributed by atoms with Gasteiger partial charge in [0.25, 0.3) is 0 Å². The zero-order chi connectivity index (χ0) is 21.6. The van der Waals surface area contributed by atoms with Crippen LogP contribution < -0.4 is 0 Å². The Morgan fingerprint density at radius 1 is 0.621 bits per heavy atom. The molecule has 1 aromatic heterocycles. The molecule has 29 heavy (non-hydrogen) atoms. The fraction of sp³-hybridized carbons (Fsp3) is 0.909. The summed E-state index contributed by atoms with van der Waals surface area (Å²) in [6.07, 6.45) is 16.1. The van der Waals surface area contributed by atoms with Crippen LogP contribution in [0.4, 0.5) is 0 Å². The quantitative estimate of drug-likeness (QED) is 0.149. The Bertz CT molecular complexity index is 487. The summed E-state index contributed by atoms with van der Waals surface area (Å²) in [7, 11) is 7.54. The Labute approximate surface area is 200 Å². The zero-order valence-electron chi connectivity index (χ0n) is 19.4. The summed E-state index contributed by atoms with van der Waals surface area (Å²) in [6.45, 7) is 14.0. The van der Waals surface area contributed by atoms with E-state index in [1.165, 1.54) is 77.0 Å². The van der Waals surface area contributed by atoms with Gasteiger partial charge in [0.05, 0.1) is 0 Å². The van der Waals surface area contributed by atoms with Crippen molar-refractivity contribution in [3.63, 3.8) is 0 Å². The van der Waals surface area contributed by atoms with Crippen LogP contribution >= 0.6 is 54.5 Å². The van der Waals surface area contributed by atoms with Gasteiger partial charge in [0.1, 0.15) is 0 Å². The molecular weight excluding hydrogens is 453 g/mol. The van der Waals surface area contributed by atoms with E-state index in [4.69, 9.17) is 0 Å². The van der Waals surface area contributed by atoms with Crippen molar-refractivity contribution in [3.8, 4) is 0 Å². The summed E-state index contributed by atoms with van der Waals surface area (Å²) in [4.78, 5) is 0. The molecule has 0 radical (unpaired) electrons. The van der Waals surface area contributed by atoms with Gasteiger partial charge in [0.2, 0.25) is 0 Å². The second kappa shape index (κ2) is 15.7. The van der Waals surface area contributed by atoms with E-state index in [1.807, 2.05) is 43.2 Å². The molecule has 0 bridgehead atoms. The van der Waals surface area contributed by atoms with E-state index in [9.17, 15) is 0 Å². The largest absolute Gasteiger partial charge is 0.185 e. The topological polar surface area (TPSA) is 25.8 Å². The second-order valence-electron chi connectivity index (χ2n) is 9.02. The first-order valence-corrected chi connectivity index (χ1v) is 16.4. The van der Waals surface area contributed by atoms with Crippen molar-refractivity contribution >= 4 is 54.5 Å². The van der Waals surface area contributed by atoms with Gasteiger partial charge < -0.3 is 0 Å². The molecule has 0 aliphatic carbocycles. The molecule has 0 aliphatic rings. The molecule has 0 aliphatic heterocycles. The van der Waals surface area contributed by atoms with Crippen LogP contribution in [-0.2, 0) is 0 Å². The van der Waals surface area contributed by atoms with Crippen LogP contribution in [0.2, 0.25) is 0 Å². The van der Waals surface area contributed by atoms with Crippen LogP contribution in [0.15, 0.2) is 8.68 Å². The van der Waals surface area contributed by atoms with Crippen LogP contribution in [0.1, 0.15) is 119 Å². The second-order valence-corrected chi connectivity index (χ2v) is 16.2. The van der Waals surface area contributed by atoms with E-state index >= 15 is 0 Å². The molecule has 7 heteroatoms. The summed E-state index contributed by atoms with van der Waals surface area (Å²) >= 11 is 1.75. The van der Waals surface area contributed by atoms with E-state index in [-0.39, 0.29) is 0 Å². The Balaban J connectivity index is 2.27. The summed E-state index contributed by atoms with van der Waals surface area (Å²) in [5.74, 6) is 0. The molecular formula is C22H42N2S5. The molecule has 1 aromatic rings. The van der Waals surface area contributed by atoms with Gasteiger partial charge >= 0.3 is 0 Å². The van der Waals surface area contributed by atoms with Gasteiger partial charge in [-0.05, 0) is 62.1 Å². The molecule has 0 amide bonds. The van der Waals surface area contributed by atoms with Crippen molar-refractivity contribution < 1.29 is 0 Å². The predicted molar refractivity (Wildman–Crippen MR) is 142 cm³/mol. The first-order valence-electron chi connectivity index (χ1n) is 11.3. The molecule has 1 heterocycles. The van der Waals surface area contributed by atoms with Crippen LogP contribution in [-0.4, -0.2) is 19.7 Å². The SMILES string of the molecule is CCCCCCCC(C)(C)SSc1nnc(SSC(C)(C)CCCCCCC)s1. The monoisotopic (exact) mass is 494 g/mol.